The first kappa shape index (κ1) is 13.8. The van der Waals surface area contributed by atoms with E-state index in [4.69, 9.17) is 0 Å². The second-order valence-electron chi connectivity index (χ2n) is 3.53. The number of aryl methyl sites for hydroxylation is 2. The van der Waals surface area contributed by atoms with Gasteiger partial charge in [0.05, 0.1) is 0 Å². The van der Waals surface area contributed by atoms with E-state index >= 15 is 0 Å². The van der Waals surface area contributed by atoms with Gasteiger partial charge in [-0.05, 0) is 6.92 Å². The SMILES string of the molecule is Cc1ccc(C(=O)c2sc[c-]c2C)cc1.[Y]. The van der Waals surface area contributed by atoms with Crippen LogP contribution in [0.3, 0.4) is 0 Å². The normalized spacial score (nSPS) is 9.62. The number of ketones is 1. The first-order chi connectivity index (χ1) is 7.18. The molecule has 1 nitrogen and oxygen atoms in total. The maximum atomic E-state index is 12.0. The number of carbonyl (C=O) groups is 1. The summed E-state index contributed by atoms with van der Waals surface area (Å²) in [5, 5.41) is 1.83. The zero-order valence-electron chi connectivity index (χ0n) is 9.28. The van der Waals surface area contributed by atoms with E-state index in [1.54, 1.807) is 0 Å². The monoisotopic (exact) mass is 304 g/mol. The zero-order chi connectivity index (χ0) is 10.8. The van der Waals surface area contributed by atoms with Crippen molar-refractivity contribution in [2.75, 3.05) is 0 Å². The third kappa shape index (κ3) is 2.88. The zero-order valence-corrected chi connectivity index (χ0v) is 12.9. The molecule has 0 saturated heterocycles. The van der Waals surface area contributed by atoms with E-state index in [-0.39, 0.29) is 38.5 Å². The molecular weight excluding hydrogens is 293 g/mol. The summed E-state index contributed by atoms with van der Waals surface area (Å²) in [6.07, 6.45) is 0. The Kier molecular flexibility index (Phi) is 5.03. The summed E-state index contributed by atoms with van der Waals surface area (Å²) in [4.78, 5) is 12.8. The molecule has 0 aliphatic rings. The molecule has 0 amide bonds. The van der Waals surface area contributed by atoms with Gasteiger partial charge in [0.15, 0.2) is 0 Å². The van der Waals surface area contributed by atoms with Crippen molar-refractivity contribution in [3.8, 4) is 0 Å². The summed E-state index contributed by atoms with van der Waals surface area (Å²) in [7, 11) is 0. The predicted octanol–water partition coefficient (Wildman–Crippen LogP) is 3.39. The fraction of sp³-hybridized carbons (Fsp3) is 0.154. The van der Waals surface area contributed by atoms with Crippen LogP contribution in [0.15, 0.2) is 29.6 Å². The molecule has 0 N–H and O–H groups in total. The Morgan fingerprint density at radius 1 is 1.19 bits per heavy atom. The second kappa shape index (κ2) is 5.85. The van der Waals surface area contributed by atoms with Crippen molar-refractivity contribution in [3.05, 3.63) is 57.3 Å². The van der Waals surface area contributed by atoms with Crippen LogP contribution in [0.1, 0.15) is 26.4 Å². The largest absolute Gasteiger partial charge is 0.309 e. The maximum absolute atomic E-state index is 12.0. The molecule has 2 rings (SSSR count). The summed E-state index contributed by atoms with van der Waals surface area (Å²) >= 11 is 1.45. The van der Waals surface area contributed by atoms with Gasteiger partial charge >= 0.3 is 0 Å². The second-order valence-corrected chi connectivity index (χ2v) is 4.41. The van der Waals surface area contributed by atoms with E-state index in [1.165, 1.54) is 16.9 Å². The molecule has 0 atom stereocenters. The van der Waals surface area contributed by atoms with E-state index in [9.17, 15) is 4.79 Å². The van der Waals surface area contributed by atoms with Crippen molar-refractivity contribution in [2.45, 2.75) is 13.8 Å². The van der Waals surface area contributed by atoms with E-state index in [1.807, 2.05) is 43.5 Å². The first-order valence-corrected chi connectivity index (χ1v) is 5.63. The number of hydrogen-bond donors (Lipinski definition) is 0. The summed E-state index contributed by atoms with van der Waals surface area (Å²) in [6, 6.07) is 10.7. The van der Waals surface area contributed by atoms with Gasteiger partial charge < -0.3 is 4.79 Å². The predicted molar refractivity (Wildman–Crippen MR) is 62.5 cm³/mol. The molecular formula is C13H11OSY-. The van der Waals surface area contributed by atoms with Crippen LogP contribution in [-0.4, -0.2) is 5.78 Å². The Hall–Kier alpha value is -0.306. The first-order valence-electron chi connectivity index (χ1n) is 4.75. The van der Waals surface area contributed by atoms with Gasteiger partial charge in [-0.1, -0.05) is 41.6 Å². The average molecular weight is 304 g/mol. The summed E-state index contributed by atoms with van der Waals surface area (Å²) in [5.41, 5.74) is 2.85. The van der Waals surface area contributed by atoms with Crippen LogP contribution in [0.4, 0.5) is 0 Å². The van der Waals surface area contributed by atoms with Gasteiger partial charge in [-0.3, -0.25) is 11.3 Å². The average Bonchev–Trinajstić information content (AvgIpc) is 2.65. The van der Waals surface area contributed by atoms with Crippen molar-refractivity contribution < 1.29 is 37.5 Å². The van der Waals surface area contributed by atoms with E-state index in [0.29, 0.717) is 0 Å². The molecule has 3 heteroatoms. The molecule has 0 aliphatic carbocycles. The molecule has 0 fully saturated rings. The minimum atomic E-state index is 0. The van der Waals surface area contributed by atoms with Crippen molar-refractivity contribution in [2.24, 2.45) is 0 Å². The van der Waals surface area contributed by atoms with Crippen LogP contribution >= 0.6 is 11.3 Å². The van der Waals surface area contributed by atoms with Gasteiger partial charge in [-0.15, -0.1) is 5.38 Å². The fourth-order valence-electron chi connectivity index (χ4n) is 1.39. The summed E-state index contributed by atoms with van der Waals surface area (Å²) in [6.45, 7) is 3.93. The number of rotatable bonds is 2. The molecule has 1 heterocycles. The van der Waals surface area contributed by atoms with Crippen LogP contribution in [-0.2, 0) is 32.7 Å². The Morgan fingerprint density at radius 2 is 1.81 bits per heavy atom. The van der Waals surface area contributed by atoms with Gasteiger partial charge in [0, 0.05) is 38.3 Å². The van der Waals surface area contributed by atoms with E-state index < -0.39 is 0 Å². The number of benzene rings is 1. The Bertz CT molecular complexity index is 485. The molecule has 1 radical (unpaired) electrons. The molecule has 1 aromatic carbocycles. The topological polar surface area (TPSA) is 17.1 Å². The Labute approximate surface area is 125 Å². The minimum Gasteiger partial charge on any atom is -0.309 e. The van der Waals surface area contributed by atoms with Gasteiger partial charge in [0.1, 0.15) is 5.78 Å². The van der Waals surface area contributed by atoms with Crippen molar-refractivity contribution in [3.63, 3.8) is 0 Å². The third-order valence-corrected chi connectivity index (χ3v) is 3.28. The van der Waals surface area contributed by atoms with Crippen molar-refractivity contribution in [1.29, 1.82) is 0 Å². The van der Waals surface area contributed by atoms with Gasteiger partial charge in [-0.25, -0.2) is 11.6 Å². The van der Waals surface area contributed by atoms with Crippen LogP contribution in [0.25, 0.3) is 0 Å². The van der Waals surface area contributed by atoms with Crippen molar-refractivity contribution in [1.82, 2.24) is 0 Å². The molecule has 16 heavy (non-hydrogen) atoms. The van der Waals surface area contributed by atoms with Crippen LogP contribution < -0.4 is 0 Å². The van der Waals surface area contributed by atoms with E-state index in [0.717, 1.165) is 16.0 Å². The molecule has 0 saturated carbocycles. The molecule has 0 unspecified atom stereocenters. The molecule has 2 aromatic rings. The van der Waals surface area contributed by atoms with Crippen LogP contribution in [0, 0.1) is 19.9 Å². The fourth-order valence-corrected chi connectivity index (χ4v) is 2.20. The Morgan fingerprint density at radius 3 is 2.31 bits per heavy atom. The maximum Gasteiger partial charge on any atom is 0.123 e. The Balaban J connectivity index is 0.00000128. The quantitative estimate of drug-likeness (QED) is 0.614. The van der Waals surface area contributed by atoms with Crippen LogP contribution in [0.2, 0.25) is 0 Å². The number of thiophene rings is 1. The van der Waals surface area contributed by atoms with Crippen molar-refractivity contribution >= 4 is 17.1 Å². The molecule has 0 spiro atoms. The van der Waals surface area contributed by atoms with E-state index in [2.05, 4.69) is 6.07 Å². The van der Waals surface area contributed by atoms with Gasteiger partial charge in [0.2, 0.25) is 0 Å². The van der Waals surface area contributed by atoms with Gasteiger partial charge in [0.25, 0.3) is 0 Å². The van der Waals surface area contributed by atoms with Crippen LogP contribution in [0.5, 0.6) is 0 Å². The summed E-state index contributed by atoms with van der Waals surface area (Å²) in [5.74, 6) is 0.0961. The standard InChI is InChI=1S/C13H11OS.Y/c1-9-3-5-11(6-4-9)12(14)13-10(2)7-8-15-13;/h3-6,8H,1-2H3;/q-1;. The third-order valence-electron chi connectivity index (χ3n) is 2.31. The number of hydrogen-bond acceptors (Lipinski definition) is 2. The smallest absolute Gasteiger partial charge is 0.123 e. The summed E-state index contributed by atoms with van der Waals surface area (Å²) < 4.78 is 0. The minimum absolute atomic E-state index is 0. The van der Waals surface area contributed by atoms with Gasteiger partial charge in [-0.2, -0.15) is 0 Å². The molecule has 0 aliphatic heterocycles. The molecule has 1 aromatic heterocycles. The number of carbonyl (C=O) groups excluding carboxylic acids is 1. The molecule has 79 valence electrons. The molecule has 0 bridgehead atoms.